The van der Waals surface area contributed by atoms with Crippen molar-refractivity contribution in [3.05, 3.63) is 41.6 Å². The first-order chi connectivity index (χ1) is 10.2. The zero-order chi connectivity index (χ0) is 14.8. The topological polar surface area (TPSA) is 58.3 Å². The van der Waals surface area contributed by atoms with Gasteiger partial charge in [-0.15, -0.1) is 0 Å². The molecule has 108 valence electrons. The quantitative estimate of drug-likeness (QED) is 0.420. The molecule has 0 spiro atoms. The van der Waals surface area contributed by atoms with Gasteiger partial charge >= 0.3 is 0 Å². The fraction of sp³-hybridized carbons (Fsp3) is 0.250. The van der Waals surface area contributed by atoms with E-state index in [1.165, 1.54) is 0 Å². The zero-order valence-corrected chi connectivity index (χ0v) is 12.0. The lowest BCUT2D eigenvalue weighted by Crippen LogP contribution is -2.28. The molecule has 1 heterocycles. The molecule has 0 unspecified atom stereocenters. The minimum absolute atomic E-state index is 0.498. The first-order valence-corrected chi connectivity index (χ1v) is 6.95. The maximum atomic E-state index is 12.5. The average molecular weight is 284 g/mol. The van der Waals surface area contributed by atoms with Gasteiger partial charge in [0.25, 0.3) is 0 Å². The monoisotopic (exact) mass is 284 g/mol. The van der Waals surface area contributed by atoms with Crippen LogP contribution in [0.25, 0.3) is 22.1 Å². The summed E-state index contributed by atoms with van der Waals surface area (Å²) >= 11 is 0. The smallest absolute Gasteiger partial charge is 0.246 e. The van der Waals surface area contributed by atoms with Crippen LogP contribution in [0, 0.1) is 5.21 Å². The Morgan fingerprint density at radius 3 is 2.29 bits per heavy atom. The predicted octanol–water partition coefficient (Wildman–Crippen LogP) is 2.82. The molecule has 3 aromatic rings. The number of hydrogen-bond donors (Lipinski definition) is 0. The van der Waals surface area contributed by atoms with Gasteiger partial charge in [-0.25, -0.2) is 4.98 Å². The van der Waals surface area contributed by atoms with Crippen LogP contribution in [0.1, 0.15) is 13.8 Å². The van der Waals surface area contributed by atoms with Gasteiger partial charge in [-0.3, -0.25) is 0 Å². The second kappa shape index (κ2) is 5.44. The molecule has 0 saturated carbocycles. The molecule has 0 atom stereocenters. The molecule has 0 fully saturated rings. The maximum Gasteiger partial charge on any atom is 0.246 e. The van der Waals surface area contributed by atoms with E-state index in [1.807, 2.05) is 19.9 Å². The number of ether oxygens (including phenoxy) is 2. The first-order valence-electron chi connectivity index (χ1n) is 6.95. The normalized spacial score (nSPS) is 11.0. The van der Waals surface area contributed by atoms with Crippen LogP contribution in [0.3, 0.4) is 0 Å². The van der Waals surface area contributed by atoms with E-state index in [9.17, 15) is 5.21 Å². The van der Waals surface area contributed by atoms with Gasteiger partial charge in [-0.05, 0) is 32.0 Å². The van der Waals surface area contributed by atoms with E-state index in [0.717, 1.165) is 4.73 Å². The average Bonchev–Trinajstić information content (AvgIpc) is 2.49. The summed E-state index contributed by atoms with van der Waals surface area (Å²) in [5.74, 6) is 1.38. The van der Waals surface area contributed by atoms with Gasteiger partial charge in [0.1, 0.15) is 22.5 Å². The Morgan fingerprint density at radius 2 is 1.57 bits per heavy atom. The zero-order valence-electron chi connectivity index (χ0n) is 12.0. The summed E-state index contributed by atoms with van der Waals surface area (Å²) in [5, 5.41) is 12.5. The van der Waals surface area contributed by atoms with Crippen molar-refractivity contribution < 1.29 is 14.2 Å². The standard InChI is InChI=1S/C16H16N2O3/c1-3-20-11-6-8-15-14(9-11)17-13-7-5-12(21-4-2)10-16(13)18(15)19/h5-10H,3-4H2,1-2H3. The van der Waals surface area contributed by atoms with E-state index in [4.69, 9.17) is 9.47 Å². The SMILES string of the molecule is CCOc1ccc2c(c1)nc1ccc(OCC)cc1[n+]2[O-]. The molecule has 0 radical (unpaired) electrons. The molecule has 5 nitrogen and oxygen atoms in total. The summed E-state index contributed by atoms with van der Waals surface area (Å²) in [4.78, 5) is 4.53. The fourth-order valence-electron chi connectivity index (χ4n) is 2.30. The van der Waals surface area contributed by atoms with Crippen molar-refractivity contribution in [3.63, 3.8) is 0 Å². The molecular formula is C16H16N2O3. The van der Waals surface area contributed by atoms with Crippen LogP contribution >= 0.6 is 0 Å². The van der Waals surface area contributed by atoms with Crippen LogP contribution in [0.15, 0.2) is 36.4 Å². The highest BCUT2D eigenvalue weighted by Gasteiger charge is 2.13. The Kier molecular flexibility index (Phi) is 3.48. The molecule has 1 aromatic heterocycles. The van der Waals surface area contributed by atoms with Gasteiger partial charge in [0.2, 0.25) is 11.0 Å². The van der Waals surface area contributed by atoms with E-state index in [1.54, 1.807) is 30.3 Å². The number of rotatable bonds is 4. The van der Waals surface area contributed by atoms with Crippen LogP contribution in [0.5, 0.6) is 11.5 Å². The van der Waals surface area contributed by atoms with E-state index < -0.39 is 0 Å². The van der Waals surface area contributed by atoms with E-state index in [2.05, 4.69) is 4.98 Å². The highest BCUT2D eigenvalue weighted by atomic mass is 16.5. The second-order valence-electron chi connectivity index (χ2n) is 4.57. The summed E-state index contributed by atoms with van der Waals surface area (Å²) in [6.07, 6.45) is 0. The second-order valence-corrected chi connectivity index (χ2v) is 4.57. The van der Waals surface area contributed by atoms with Crippen LogP contribution in [0.4, 0.5) is 0 Å². The van der Waals surface area contributed by atoms with Crippen LogP contribution in [-0.4, -0.2) is 18.2 Å². The van der Waals surface area contributed by atoms with Gasteiger partial charge in [0, 0.05) is 12.1 Å². The minimum Gasteiger partial charge on any atom is -0.618 e. The fourth-order valence-corrected chi connectivity index (χ4v) is 2.30. The molecule has 0 bridgehead atoms. The van der Waals surface area contributed by atoms with Crippen molar-refractivity contribution in [3.8, 4) is 11.5 Å². The van der Waals surface area contributed by atoms with Crippen molar-refractivity contribution in [1.82, 2.24) is 4.98 Å². The molecule has 0 aliphatic rings. The van der Waals surface area contributed by atoms with E-state index in [-0.39, 0.29) is 0 Å². The van der Waals surface area contributed by atoms with E-state index >= 15 is 0 Å². The van der Waals surface area contributed by atoms with Crippen molar-refractivity contribution >= 4 is 22.1 Å². The van der Waals surface area contributed by atoms with Crippen LogP contribution in [-0.2, 0) is 0 Å². The van der Waals surface area contributed by atoms with E-state index in [0.29, 0.717) is 46.8 Å². The van der Waals surface area contributed by atoms with Gasteiger partial charge in [0.05, 0.1) is 19.3 Å². The molecule has 0 N–H and O–H groups in total. The van der Waals surface area contributed by atoms with Crippen molar-refractivity contribution in [1.29, 1.82) is 0 Å². The molecule has 3 rings (SSSR count). The van der Waals surface area contributed by atoms with Gasteiger partial charge in [-0.2, -0.15) is 4.73 Å². The summed E-state index contributed by atoms with van der Waals surface area (Å²) in [5.41, 5.74) is 2.26. The summed E-state index contributed by atoms with van der Waals surface area (Å²) in [6, 6.07) is 10.6. The lowest BCUT2D eigenvalue weighted by atomic mass is 10.2. The Morgan fingerprint density at radius 1 is 0.905 bits per heavy atom. The number of nitrogens with zero attached hydrogens (tertiary/aromatic N) is 2. The van der Waals surface area contributed by atoms with Crippen molar-refractivity contribution in [2.75, 3.05) is 13.2 Å². The number of hydrogen-bond acceptors (Lipinski definition) is 4. The third-order valence-corrected chi connectivity index (χ3v) is 3.19. The minimum atomic E-state index is 0.498. The number of fused-ring (bicyclic) bond motifs is 2. The van der Waals surface area contributed by atoms with Gasteiger partial charge in [-0.1, -0.05) is 0 Å². The first kappa shape index (κ1) is 13.4. The summed E-state index contributed by atoms with van der Waals surface area (Å²) < 4.78 is 11.8. The third-order valence-electron chi connectivity index (χ3n) is 3.19. The molecule has 0 aliphatic heterocycles. The predicted molar refractivity (Wildman–Crippen MR) is 80.5 cm³/mol. The maximum absolute atomic E-state index is 12.5. The molecule has 0 aliphatic carbocycles. The van der Waals surface area contributed by atoms with Crippen molar-refractivity contribution in [2.45, 2.75) is 13.8 Å². The van der Waals surface area contributed by atoms with Crippen LogP contribution in [0.2, 0.25) is 0 Å². The third kappa shape index (κ3) is 2.42. The number of benzene rings is 2. The van der Waals surface area contributed by atoms with Crippen molar-refractivity contribution in [2.24, 2.45) is 0 Å². The Labute approximate surface area is 122 Å². The number of aromatic nitrogens is 2. The molecular weight excluding hydrogens is 268 g/mol. The Balaban J connectivity index is 2.21. The molecule has 0 amide bonds. The van der Waals surface area contributed by atoms with Gasteiger partial charge in [0.15, 0.2) is 0 Å². The summed E-state index contributed by atoms with van der Waals surface area (Å²) in [6.45, 7) is 4.96. The molecule has 5 heteroatoms. The lowest BCUT2D eigenvalue weighted by molar-refractivity contribution is -0.548. The molecule has 21 heavy (non-hydrogen) atoms. The highest BCUT2D eigenvalue weighted by molar-refractivity contribution is 5.83. The lowest BCUT2D eigenvalue weighted by Gasteiger charge is -2.08. The highest BCUT2D eigenvalue weighted by Crippen LogP contribution is 2.22. The Hall–Kier alpha value is -2.56. The molecule has 0 saturated heterocycles. The van der Waals surface area contributed by atoms with Crippen LogP contribution < -0.4 is 14.2 Å². The Bertz CT molecular complexity index is 802. The largest absolute Gasteiger partial charge is 0.618 e. The molecule has 2 aromatic carbocycles. The summed E-state index contributed by atoms with van der Waals surface area (Å²) in [7, 11) is 0. The van der Waals surface area contributed by atoms with Gasteiger partial charge < -0.3 is 14.7 Å².